The molecule has 3 nitrogen and oxygen atoms in total. The van der Waals surface area contributed by atoms with E-state index in [1.54, 1.807) is 19.6 Å². The highest BCUT2D eigenvalue weighted by Crippen LogP contribution is 2.38. The fourth-order valence-corrected chi connectivity index (χ4v) is 2.87. The fourth-order valence-electron chi connectivity index (χ4n) is 2.12. The summed E-state index contributed by atoms with van der Waals surface area (Å²) in [4.78, 5) is 4.22. The Labute approximate surface area is 135 Å². The summed E-state index contributed by atoms with van der Waals surface area (Å²) < 4.78 is 11.6. The molecule has 0 spiro atoms. The number of hydrogen-bond donors (Lipinski definition) is 0. The molecule has 2 aromatic carbocycles. The smallest absolute Gasteiger partial charge is 0.226 e. The molecule has 0 unspecified atom stereocenters. The van der Waals surface area contributed by atoms with Crippen molar-refractivity contribution in [2.24, 2.45) is 0 Å². The van der Waals surface area contributed by atoms with Gasteiger partial charge in [-0.05, 0) is 47.5 Å². The average Bonchev–Trinajstić information content (AvgIpc) is 3.01. The van der Waals surface area contributed by atoms with Crippen molar-refractivity contribution in [1.29, 1.82) is 0 Å². The summed E-state index contributed by atoms with van der Waals surface area (Å²) >= 11 is 9.72. The summed E-state index contributed by atoms with van der Waals surface area (Å²) in [6, 6.07) is 11.4. The molecule has 0 aliphatic heterocycles. The van der Waals surface area contributed by atoms with Crippen molar-refractivity contribution in [3.05, 3.63) is 58.4 Å². The number of aromatic nitrogens is 1. The molecular formula is C16H11BrClNO2. The molecule has 106 valence electrons. The number of nitrogens with zero attached hydrogens (tertiary/aromatic N) is 1. The third-order valence-corrected chi connectivity index (χ3v) is 4.00. The maximum atomic E-state index is 6.15. The van der Waals surface area contributed by atoms with E-state index in [4.69, 9.17) is 20.8 Å². The summed E-state index contributed by atoms with van der Waals surface area (Å²) in [5.74, 6) is 1.34. The summed E-state index contributed by atoms with van der Waals surface area (Å²) in [6.07, 6.45) is 3.17. The Morgan fingerprint density at radius 3 is 2.57 bits per heavy atom. The molecule has 3 rings (SSSR count). The van der Waals surface area contributed by atoms with Gasteiger partial charge >= 0.3 is 0 Å². The zero-order chi connectivity index (χ0) is 14.8. The molecule has 0 atom stereocenters. The van der Waals surface area contributed by atoms with Crippen LogP contribution in [-0.2, 0) is 0 Å². The van der Waals surface area contributed by atoms with Crippen LogP contribution in [-0.4, -0.2) is 12.1 Å². The summed E-state index contributed by atoms with van der Waals surface area (Å²) in [6.45, 7) is 0. The number of halogens is 2. The van der Waals surface area contributed by atoms with Crippen molar-refractivity contribution in [3.8, 4) is 28.3 Å². The van der Waals surface area contributed by atoms with Gasteiger partial charge in [0.05, 0.1) is 13.3 Å². The zero-order valence-corrected chi connectivity index (χ0v) is 13.5. The molecule has 0 aliphatic carbocycles. The van der Waals surface area contributed by atoms with Crippen molar-refractivity contribution < 1.29 is 9.15 Å². The first kappa shape index (κ1) is 14.2. The van der Waals surface area contributed by atoms with E-state index < -0.39 is 0 Å². The minimum Gasteiger partial charge on any atom is -0.497 e. The third kappa shape index (κ3) is 2.82. The average molecular weight is 365 g/mol. The van der Waals surface area contributed by atoms with E-state index >= 15 is 0 Å². The van der Waals surface area contributed by atoms with E-state index in [1.807, 2.05) is 36.4 Å². The van der Waals surface area contributed by atoms with Crippen LogP contribution >= 0.6 is 27.5 Å². The molecule has 0 saturated heterocycles. The molecule has 0 saturated carbocycles. The minimum atomic E-state index is 0.560. The Morgan fingerprint density at radius 2 is 1.90 bits per heavy atom. The molecule has 1 heterocycles. The molecule has 0 fully saturated rings. The van der Waals surface area contributed by atoms with Crippen LogP contribution in [0.25, 0.3) is 22.6 Å². The number of ether oxygens (including phenoxy) is 1. The van der Waals surface area contributed by atoms with E-state index in [0.717, 1.165) is 26.9 Å². The molecule has 0 radical (unpaired) electrons. The van der Waals surface area contributed by atoms with Gasteiger partial charge in [-0.3, -0.25) is 0 Å². The van der Waals surface area contributed by atoms with Crippen LogP contribution in [0.2, 0.25) is 5.02 Å². The molecule has 0 bridgehead atoms. The van der Waals surface area contributed by atoms with Gasteiger partial charge in [0.1, 0.15) is 12.0 Å². The van der Waals surface area contributed by atoms with Crippen molar-refractivity contribution in [1.82, 2.24) is 4.98 Å². The van der Waals surface area contributed by atoms with Crippen LogP contribution in [0.15, 0.2) is 57.7 Å². The lowest BCUT2D eigenvalue weighted by molar-refractivity contribution is 0.414. The second kappa shape index (κ2) is 5.92. The maximum absolute atomic E-state index is 6.15. The highest BCUT2D eigenvalue weighted by atomic mass is 79.9. The van der Waals surface area contributed by atoms with Gasteiger partial charge in [-0.2, -0.15) is 0 Å². The van der Waals surface area contributed by atoms with Gasteiger partial charge in [-0.15, -0.1) is 0 Å². The van der Waals surface area contributed by atoms with Crippen LogP contribution < -0.4 is 4.74 Å². The van der Waals surface area contributed by atoms with Gasteiger partial charge in [0.15, 0.2) is 0 Å². The van der Waals surface area contributed by atoms with Gasteiger partial charge in [-0.1, -0.05) is 27.5 Å². The van der Waals surface area contributed by atoms with Crippen LogP contribution in [0.1, 0.15) is 0 Å². The lowest BCUT2D eigenvalue weighted by atomic mass is 9.99. The lowest BCUT2D eigenvalue weighted by Gasteiger charge is -2.11. The first-order chi connectivity index (χ1) is 10.2. The Hall–Kier alpha value is -1.78. The summed E-state index contributed by atoms with van der Waals surface area (Å²) in [5.41, 5.74) is 2.82. The van der Waals surface area contributed by atoms with Crippen LogP contribution in [0, 0.1) is 0 Å². The normalized spacial score (nSPS) is 10.6. The van der Waals surface area contributed by atoms with Crippen LogP contribution in [0.4, 0.5) is 0 Å². The predicted molar refractivity (Wildman–Crippen MR) is 86.6 cm³/mol. The van der Waals surface area contributed by atoms with Gasteiger partial charge < -0.3 is 9.15 Å². The van der Waals surface area contributed by atoms with Crippen LogP contribution in [0.5, 0.6) is 5.75 Å². The first-order valence-corrected chi connectivity index (χ1v) is 7.39. The fraction of sp³-hybridized carbons (Fsp3) is 0.0625. The highest BCUT2D eigenvalue weighted by molar-refractivity contribution is 9.10. The van der Waals surface area contributed by atoms with Crippen molar-refractivity contribution in [3.63, 3.8) is 0 Å². The highest BCUT2D eigenvalue weighted by Gasteiger charge is 2.14. The van der Waals surface area contributed by atoms with E-state index in [1.165, 1.54) is 0 Å². The Morgan fingerprint density at radius 1 is 1.10 bits per heavy atom. The quantitative estimate of drug-likeness (QED) is 0.621. The number of oxazole rings is 1. The van der Waals surface area contributed by atoms with Gasteiger partial charge in [0, 0.05) is 15.1 Å². The van der Waals surface area contributed by atoms with Crippen LogP contribution in [0.3, 0.4) is 0 Å². The maximum Gasteiger partial charge on any atom is 0.226 e. The second-order valence-corrected chi connectivity index (χ2v) is 5.66. The van der Waals surface area contributed by atoms with Crippen molar-refractivity contribution in [2.45, 2.75) is 0 Å². The Kier molecular flexibility index (Phi) is 3.99. The second-order valence-electron chi connectivity index (χ2n) is 4.37. The first-order valence-electron chi connectivity index (χ1n) is 6.22. The number of hydrogen-bond acceptors (Lipinski definition) is 3. The monoisotopic (exact) mass is 363 g/mol. The topological polar surface area (TPSA) is 35.3 Å². The summed E-state index contributed by atoms with van der Waals surface area (Å²) in [7, 11) is 1.64. The third-order valence-electron chi connectivity index (χ3n) is 3.11. The predicted octanol–water partition coefficient (Wildman–Crippen LogP) is 5.43. The van der Waals surface area contributed by atoms with E-state index in [0.29, 0.717) is 10.9 Å². The molecule has 3 aromatic rings. The SMILES string of the molecule is COc1ccc(-c2cc(Cl)ccc2-c2ncco2)c(Br)c1. The van der Waals surface area contributed by atoms with Crippen molar-refractivity contribution >= 4 is 27.5 Å². The summed E-state index contributed by atoms with van der Waals surface area (Å²) in [5, 5.41) is 0.656. The number of benzene rings is 2. The molecule has 0 N–H and O–H groups in total. The number of methoxy groups -OCH3 is 1. The van der Waals surface area contributed by atoms with Gasteiger partial charge in [-0.25, -0.2) is 4.98 Å². The van der Waals surface area contributed by atoms with Gasteiger partial charge in [0.2, 0.25) is 5.89 Å². The number of rotatable bonds is 3. The molecule has 0 amide bonds. The minimum absolute atomic E-state index is 0.560. The molecule has 1 aromatic heterocycles. The van der Waals surface area contributed by atoms with E-state index in [-0.39, 0.29) is 0 Å². The van der Waals surface area contributed by atoms with E-state index in [9.17, 15) is 0 Å². The molecule has 5 heteroatoms. The molecule has 0 aliphatic rings. The molecule has 21 heavy (non-hydrogen) atoms. The lowest BCUT2D eigenvalue weighted by Crippen LogP contribution is -1.89. The zero-order valence-electron chi connectivity index (χ0n) is 11.1. The van der Waals surface area contributed by atoms with Gasteiger partial charge in [0.25, 0.3) is 0 Å². The molecular weight excluding hydrogens is 354 g/mol. The Balaban J connectivity index is 2.20. The van der Waals surface area contributed by atoms with E-state index in [2.05, 4.69) is 20.9 Å². The standard InChI is InChI=1S/C16H11BrClNO2/c1-20-11-3-5-12(15(17)9-11)14-8-10(18)2-4-13(14)16-19-6-7-21-16/h2-9H,1H3. The van der Waals surface area contributed by atoms with Crippen molar-refractivity contribution in [2.75, 3.05) is 7.11 Å². The largest absolute Gasteiger partial charge is 0.497 e. The Bertz CT molecular complexity index is 772.